The summed E-state index contributed by atoms with van der Waals surface area (Å²) in [7, 11) is 0. The van der Waals surface area contributed by atoms with Crippen LogP contribution in [-0.4, -0.2) is 22.9 Å². The van der Waals surface area contributed by atoms with Crippen LogP contribution in [0.15, 0.2) is 24.3 Å². The number of amides is 1. The molecular weight excluding hydrogens is 236 g/mol. The third kappa shape index (κ3) is 2.75. The lowest BCUT2D eigenvalue weighted by Crippen LogP contribution is -2.41. The predicted molar refractivity (Wildman–Crippen MR) is 78.9 cm³/mol. The van der Waals surface area contributed by atoms with Crippen LogP contribution in [0.25, 0.3) is 0 Å². The van der Waals surface area contributed by atoms with E-state index in [9.17, 15) is 4.79 Å². The highest BCUT2D eigenvalue weighted by Gasteiger charge is 2.35. The summed E-state index contributed by atoms with van der Waals surface area (Å²) in [4.78, 5) is 14.8. The number of benzene rings is 1. The van der Waals surface area contributed by atoms with Crippen molar-refractivity contribution in [1.29, 1.82) is 0 Å². The molecule has 0 aromatic heterocycles. The first kappa shape index (κ1) is 13.9. The van der Waals surface area contributed by atoms with Crippen LogP contribution in [0.1, 0.15) is 51.5 Å². The Hall–Kier alpha value is -1.51. The van der Waals surface area contributed by atoms with E-state index in [1.54, 1.807) is 0 Å². The zero-order valence-electron chi connectivity index (χ0n) is 12.1. The number of hydrogen-bond donors (Lipinski definition) is 1. The molecule has 1 aromatic rings. The maximum absolute atomic E-state index is 12.7. The molecule has 0 aliphatic carbocycles. The molecule has 1 heterocycles. The van der Waals surface area contributed by atoms with Gasteiger partial charge in [0.15, 0.2) is 0 Å². The molecule has 0 bridgehead atoms. The molecule has 19 heavy (non-hydrogen) atoms. The molecule has 1 aliphatic rings. The highest BCUT2D eigenvalue weighted by atomic mass is 16.2. The van der Waals surface area contributed by atoms with Gasteiger partial charge in [0.25, 0.3) is 0 Å². The third-order valence-electron chi connectivity index (χ3n) is 4.29. The topological polar surface area (TPSA) is 46.3 Å². The van der Waals surface area contributed by atoms with E-state index in [-0.39, 0.29) is 11.8 Å². The molecule has 0 saturated carbocycles. The van der Waals surface area contributed by atoms with Gasteiger partial charge in [0, 0.05) is 17.8 Å². The first-order valence-electron chi connectivity index (χ1n) is 7.22. The Morgan fingerprint density at radius 2 is 2.21 bits per heavy atom. The summed E-state index contributed by atoms with van der Waals surface area (Å²) in [5, 5.41) is 0. The Balaban J connectivity index is 2.19. The zero-order valence-corrected chi connectivity index (χ0v) is 12.1. The number of nitrogens with zero attached hydrogens (tertiary/aromatic N) is 1. The fourth-order valence-corrected chi connectivity index (χ4v) is 3.06. The Kier molecular flexibility index (Phi) is 4.13. The van der Waals surface area contributed by atoms with Gasteiger partial charge in [-0.1, -0.05) is 19.1 Å². The van der Waals surface area contributed by atoms with Gasteiger partial charge in [-0.25, -0.2) is 0 Å². The highest BCUT2D eigenvalue weighted by molar-refractivity contribution is 5.84. The standard InChI is InChI=1S/C16H24N2O/c1-4-15-9-8-11(2)18(15)16(19)12(3)13-6-5-7-14(17)10-13/h5-7,10-12,15H,4,8-9,17H2,1-3H3. The van der Waals surface area contributed by atoms with Gasteiger partial charge in [0.05, 0.1) is 5.92 Å². The number of anilines is 1. The maximum atomic E-state index is 12.7. The molecule has 1 amide bonds. The summed E-state index contributed by atoms with van der Waals surface area (Å²) in [6.07, 6.45) is 3.29. The quantitative estimate of drug-likeness (QED) is 0.849. The maximum Gasteiger partial charge on any atom is 0.230 e. The molecule has 3 atom stereocenters. The molecule has 3 heteroatoms. The molecule has 1 saturated heterocycles. The average Bonchev–Trinajstić information content (AvgIpc) is 2.78. The highest BCUT2D eigenvalue weighted by Crippen LogP contribution is 2.30. The number of hydrogen-bond acceptors (Lipinski definition) is 2. The van der Waals surface area contributed by atoms with Crippen LogP contribution < -0.4 is 5.73 Å². The molecule has 0 spiro atoms. The lowest BCUT2D eigenvalue weighted by Gasteiger charge is -2.30. The van der Waals surface area contributed by atoms with E-state index in [0.717, 1.165) is 30.5 Å². The summed E-state index contributed by atoms with van der Waals surface area (Å²) in [5.41, 5.74) is 7.54. The number of nitrogens with two attached hydrogens (primary N) is 1. The Labute approximate surface area is 115 Å². The minimum absolute atomic E-state index is 0.113. The number of rotatable bonds is 3. The van der Waals surface area contributed by atoms with Gasteiger partial charge in [0.1, 0.15) is 0 Å². The van der Waals surface area contributed by atoms with Gasteiger partial charge in [0.2, 0.25) is 5.91 Å². The minimum atomic E-state index is -0.113. The van der Waals surface area contributed by atoms with Gasteiger partial charge in [-0.3, -0.25) is 4.79 Å². The van der Waals surface area contributed by atoms with Crippen LogP contribution in [0.4, 0.5) is 5.69 Å². The fraction of sp³-hybridized carbons (Fsp3) is 0.562. The van der Waals surface area contributed by atoms with Crippen molar-refractivity contribution in [2.24, 2.45) is 0 Å². The van der Waals surface area contributed by atoms with Crippen molar-refractivity contribution in [3.63, 3.8) is 0 Å². The second-order valence-electron chi connectivity index (χ2n) is 5.63. The van der Waals surface area contributed by atoms with Crippen LogP contribution in [0.2, 0.25) is 0 Å². The van der Waals surface area contributed by atoms with Gasteiger partial charge >= 0.3 is 0 Å². The van der Waals surface area contributed by atoms with Crippen LogP contribution in [0, 0.1) is 0 Å². The summed E-state index contributed by atoms with van der Waals surface area (Å²) in [6.45, 7) is 6.29. The molecule has 3 unspecified atom stereocenters. The normalized spacial score (nSPS) is 24.5. The van der Waals surface area contributed by atoms with Crippen molar-refractivity contribution in [1.82, 2.24) is 4.90 Å². The molecule has 1 aromatic carbocycles. The number of likely N-dealkylation sites (tertiary alicyclic amines) is 1. The predicted octanol–water partition coefficient (Wildman–Crippen LogP) is 3.16. The molecule has 1 fully saturated rings. The van der Waals surface area contributed by atoms with Crippen molar-refractivity contribution in [2.75, 3.05) is 5.73 Å². The second-order valence-corrected chi connectivity index (χ2v) is 5.63. The lowest BCUT2D eigenvalue weighted by molar-refractivity contribution is -0.135. The van der Waals surface area contributed by atoms with E-state index >= 15 is 0 Å². The fourth-order valence-electron chi connectivity index (χ4n) is 3.06. The van der Waals surface area contributed by atoms with Crippen molar-refractivity contribution in [2.45, 2.75) is 58.0 Å². The molecule has 2 N–H and O–H groups in total. The summed E-state index contributed by atoms with van der Waals surface area (Å²) >= 11 is 0. The van der Waals surface area contributed by atoms with Gasteiger partial charge in [-0.15, -0.1) is 0 Å². The molecule has 3 nitrogen and oxygen atoms in total. The zero-order chi connectivity index (χ0) is 14.0. The Bertz CT molecular complexity index is 458. The first-order chi connectivity index (χ1) is 9.04. The van der Waals surface area contributed by atoms with E-state index in [0.29, 0.717) is 12.1 Å². The second kappa shape index (κ2) is 5.64. The van der Waals surface area contributed by atoms with Crippen molar-refractivity contribution < 1.29 is 4.79 Å². The van der Waals surface area contributed by atoms with E-state index < -0.39 is 0 Å². The lowest BCUT2D eigenvalue weighted by atomic mass is 9.98. The van der Waals surface area contributed by atoms with Crippen LogP contribution in [0.3, 0.4) is 0 Å². The third-order valence-corrected chi connectivity index (χ3v) is 4.29. The van der Waals surface area contributed by atoms with Crippen LogP contribution >= 0.6 is 0 Å². The molecule has 104 valence electrons. The number of carbonyl (C=O) groups excluding carboxylic acids is 1. The van der Waals surface area contributed by atoms with E-state index in [1.165, 1.54) is 0 Å². The van der Waals surface area contributed by atoms with E-state index in [4.69, 9.17) is 5.73 Å². The van der Waals surface area contributed by atoms with Crippen molar-refractivity contribution in [3.05, 3.63) is 29.8 Å². The van der Waals surface area contributed by atoms with Crippen LogP contribution in [0.5, 0.6) is 0 Å². The van der Waals surface area contributed by atoms with Crippen molar-refractivity contribution in [3.8, 4) is 0 Å². The largest absolute Gasteiger partial charge is 0.399 e. The van der Waals surface area contributed by atoms with Crippen LogP contribution in [-0.2, 0) is 4.79 Å². The molecule has 2 rings (SSSR count). The molecule has 0 radical (unpaired) electrons. The monoisotopic (exact) mass is 260 g/mol. The van der Waals surface area contributed by atoms with Gasteiger partial charge < -0.3 is 10.6 Å². The van der Waals surface area contributed by atoms with Crippen molar-refractivity contribution >= 4 is 11.6 Å². The van der Waals surface area contributed by atoms with E-state index in [1.807, 2.05) is 31.2 Å². The van der Waals surface area contributed by atoms with Gasteiger partial charge in [-0.2, -0.15) is 0 Å². The van der Waals surface area contributed by atoms with Gasteiger partial charge in [-0.05, 0) is 50.8 Å². The van der Waals surface area contributed by atoms with E-state index in [2.05, 4.69) is 18.7 Å². The minimum Gasteiger partial charge on any atom is -0.399 e. The Morgan fingerprint density at radius 1 is 1.47 bits per heavy atom. The number of nitrogen functional groups attached to an aromatic ring is 1. The summed E-state index contributed by atoms with van der Waals surface area (Å²) in [6, 6.07) is 8.44. The Morgan fingerprint density at radius 3 is 2.84 bits per heavy atom. The summed E-state index contributed by atoms with van der Waals surface area (Å²) < 4.78 is 0. The average molecular weight is 260 g/mol. The first-order valence-corrected chi connectivity index (χ1v) is 7.22. The molecular formula is C16H24N2O. The molecule has 1 aliphatic heterocycles. The smallest absolute Gasteiger partial charge is 0.230 e. The summed E-state index contributed by atoms with van der Waals surface area (Å²) in [5.74, 6) is 0.126. The number of carbonyl (C=O) groups is 1. The SMILES string of the molecule is CCC1CCC(C)N1C(=O)C(C)c1cccc(N)c1.